The van der Waals surface area contributed by atoms with E-state index in [1.54, 1.807) is 23.6 Å². The van der Waals surface area contributed by atoms with Crippen LogP contribution in [0.1, 0.15) is 34.4 Å². The molecule has 1 saturated heterocycles. The second kappa shape index (κ2) is 6.83. The van der Waals surface area contributed by atoms with Gasteiger partial charge in [0.15, 0.2) is 5.89 Å². The van der Waals surface area contributed by atoms with Gasteiger partial charge in [-0.05, 0) is 30.7 Å². The molecule has 0 amide bonds. The van der Waals surface area contributed by atoms with Crippen molar-refractivity contribution in [1.82, 2.24) is 14.9 Å². The molecule has 1 aromatic carbocycles. The lowest BCUT2D eigenvalue weighted by atomic mass is 10.1. The quantitative estimate of drug-likeness (QED) is 0.706. The number of aromatic nitrogens is 2. The fourth-order valence-corrected chi connectivity index (χ4v) is 3.80. The number of hydrogen-bond acceptors (Lipinski definition) is 5. The van der Waals surface area contributed by atoms with Crippen molar-refractivity contribution in [3.63, 3.8) is 0 Å². The molecule has 3 aromatic rings. The van der Waals surface area contributed by atoms with Gasteiger partial charge in [-0.25, -0.2) is 9.37 Å². The Morgan fingerprint density at radius 3 is 3.12 bits per heavy atom. The Kier molecular flexibility index (Phi) is 4.40. The molecule has 0 aliphatic carbocycles. The van der Waals surface area contributed by atoms with Gasteiger partial charge in [-0.2, -0.15) is 0 Å². The molecule has 1 atom stereocenters. The molecule has 0 unspecified atom stereocenters. The van der Waals surface area contributed by atoms with E-state index in [4.69, 9.17) is 4.42 Å². The first-order chi connectivity index (χ1) is 11.8. The van der Waals surface area contributed by atoms with Gasteiger partial charge in [-0.15, -0.1) is 11.3 Å². The molecule has 124 valence electrons. The number of thiazole rings is 1. The number of rotatable bonds is 5. The monoisotopic (exact) mass is 343 g/mol. The minimum Gasteiger partial charge on any atom is -0.445 e. The lowest BCUT2D eigenvalue weighted by Crippen LogP contribution is -2.19. The van der Waals surface area contributed by atoms with E-state index in [1.807, 2.05) is 17.8 Å². The van der Waals surface area contributed by atoms with E-state index in [9.17, 15) is 4.39 Å². The second-order valence-corrected chi connectivity index (χ2v) is 7.13. The molecule has 0 radical (unpaired) electrons. The van der Waals surface area contributed by atoms with E-state index in [0.717, 1.165) is 43.3 Å². The summed E-state index contributed by atoms with van der Waals surface area (Å²) < 4.78 is 19.2. The van der Waals surface area contributed by atoms with Crippen molar-refractivity contribution >= 4 is 11.3 Å². The van der Waals surface area contributed by atoms with Crippen LogP contribution in [0.2, 0.25) is 0 Å². The van der Waals surface area contributed by atoms with Crippen LogP contribution in [0.3, 0.4) is 0 Å². The molecule has 1 fully saturated rings. The smallest absolute Gasteiger partial charge is 0.198 e. The van der Waals surface area contributed by atoms with Crippen LogP contribution in [0, 0.1) is 5.82 Å². The van der Waals surface area contributed by atoms with Crippen molar-refractivity contribution < 1.29 is 8.81 Å². The third kappa shape index (κ3) is 3.55. The number of halogens is 1. The van der Waals surface area contributed by atoms with Crippen LogP contribution in [0.15, 0.2) is 46.6 Å². The molecule has 4 rings (SSSR count). The van der Waals surface area contributed by atoms with Crippen LogP contribution < -0.4 is 0 Å². The molecule has 2 aromatic heterocycles. The van der Waals surface area contributed by atoms with Crippen LogP contribution in [-0.2, 0) is 13.0 Å². The summed E-state index contributed by atoms with van der Waals surface area (Å²) in [5.74, 6) is 1.70. The highest BCUT2D eigenvalue weighted by Gasteiger charge is 2.27. The topological polar surface area (TPSA) is 42.2 Å². The largest absolute Gasteiger partial charge is 0.445 e. The molecule has 0 bridgehead atoms. The van der Waals surface area contributed by atoms with Gasteiger partial charge in [0.1, 0.15) is 11.6 Å². The summed E-state index contributed by atoms with van der Waals surface area (Å²) in [5.41, 5.74) is 2.77. The van der Waals surface area contributed by atoms with Crippen LogP contribution in [0.25, 0.3) is 0 Å². The average Bonchev–Trinajstić information content (AvgIpc) is 3.29. The molecular formula is C18H18FN3OS. The average molecular weight is 343 g/mol. The zero-order chi connectivity index (χ0) is 16.4. The molecule has 6 heteroatoms. The summed E-state index contributed by atoms with van der Waals surface area (Å²) in [5, 5.41) is 0. The Hall–Kier alpha value is -2.05. The van der Waals surface area contributed by atoms with Crippen LogP contribution in [0.5, 0.6) is 0 Å². The van der Waals surface area contributed by atoms with E-state index >= 15 is 0 Å². The highest BCUT2D eigenvalue weighted by atomic mass is 32.1. The maximum atomic E-state index is 13.3. The van der Waals surface area contributed by atoms with Gasteiger partial charge in [0.25, 0.3) is 0 Å². The van der Waals surface area contributed by atoms with E-state index in [1.165, 1.54) is 17.0 Å². The van der Waals surface area contributed by atoms with E-state index in [-0.39, 0.29) is 5.82 Å². The van der Waals surface area contributed by atoms with Crippen LogP contribution >= 0.6 is 11.3 Å². The van der Waals surface area contributed by atoms with Gasteiger partial charge in [-0.3, -0.25) is 9.88 Å². The summed E-state index contributed by atoms with van der Waals surface area (Å²) in [7, 11) is 0. The maximum absolute atomic E-state index is 13.3. The van der Waals surface area contributed by atoms with Gasteiger partial charge < -0.3 is 4.42 Å². The van der Waals surface area contributed by atoms with E-state index in [2.05, 4.69) is 14.9 Å². The summed E-state index contributed by atoms with van der Waals surface area (Å²) in [6.45, 7) is 2.94. The number of benzene rings is 1. The summed E-state index contributed by atoms with van der Waals surface area (Å²) in [6.07, 6.45) is 5.33. The molecule has 4 nitrogen and oxygen atoms in total. The van der Waals surface area contributed by atoms with Crippen molar-refractivity contribution in [3.8, 4) is 0 Å². The molecule has 0 saturated carbocycles. The van der Waals surface area contributed by atoms with Gasteiger partial charge in [0.05, 0.1) is 11.7 Å². The summed E-state index contributed by atoms with van der Waals surface area (Å²) in [6, 6.07) is 6.61. The fourth-order valence-electron chi connectivity index (χ4n) is 3.16. The van der Waals surface area contributed by atoms with Gasteiger partial charge in [0, 0.05) is 36.5 Å². The van der Waals surface area contributed by atoms with Crippen molar-refractivity contribution in [2.24, 2.45) is 0 Å². The van der Waals surface area contributed by atoms with Gasteiger partial charge in [0.2, 0.25) is 0 Å². The van der Waals surface area contributed by atoms with E-state index < -0.39 is 0 Å². The van der Waals surface area contributed by atoms with E-state index in [0.29, 0.717) is 12.3 Å². The fraction of sp³-hybridized carbons (Fsp3) is 0.333. The Morgan fingerprint density at radius 1 is 1.33 bits per heavy atom. The normalized spacial score (nSPS) is 18.3. The number of oxazole rings is 1. The van der Waals surface area contributed by atoms with Crippen molar-refractivity contribution in [1.29, 1.82) is 0 Å². The lowest BCUT2D eigenvalue weighted by Gasteiger charge is -2.13. The number of likely N-dealkylation sites (tertiary alicyclic amines) is 1. The first-order valence-electron chi connectivity index (χ1n) is 8.05. The van der Waals surface area contributed by atoms with Crippen LogP contribution in [0.4, 0.5) is 4.39 Å². The third-order valence-electron chi connectivity index (χ3n) is 4.32. The third-order valence-corrected chi connectivity index (χ3v) is 5.09. The van der Waals surface area contributed by atoms with Gasteiger partial charge >= 0.3 is 0 Å². The Morgan fingerprint density at radius 2 is 2.29 bits per heavy atom. The highest BCUT2D eigenvalue weighted by molar-refractivity contribution is 7.09. The highest BCUT2D eigenvalue weighted by Crippen LogP contribution is 2.28. The predicted octanol–water partition coefficient (Wildman–Crippen LogP) is 3.85. The van der Waals surface area contributed by atoms with Crippen molar-refractivity contribution in [2.45, 2.75) is 25.3 Å². The standard InChI is InChI=1S/C18H18FN3OS/c19-15-3-1-2-13(6-15)7-16-8-21-18(23-16)14-4-5-22(10-14)11-17-9-20-12-24-17/h1-3,6,8-9,12,14H,4-5,7,10-11H2/t14-/m1/s1. The van der Waals surface area contributed by atoms with Crippen LogP contribution in [-0.4, -0.2) is 28.0 Å². The second-order valence-electron chi connectivity index (χ2n) is 6.16. The SMILES string of the molecule is Fc1cccc(Cc2cnc([C@@H]3CCN(Cc4cncs4)C3)o2)c1. The molecule has 0 N–H and O–H groups in total. The summed E-state index contributed by atoms with van der Waals surface area (Å²) in [4.78, 5) is 12.3. The van der Waals surface area contributed by atoms with Crippen molar-refractivity contribution in [3.05, 3.63) is 70.1 Å². The first kappa shape index (κ1) is 15.5. The number of nitrogens with zero attached hydrogens (tertiary/aromatic N) is 3. The molecular weight excluding hydrogens is 325 g/mol. The Bertz CT molecular complexity index is 802. The molecule has 1 aliphatic rings. The van der Waals surface area contributed by atoms with Crippen molar-refractivity contribution in [2.75, 3.05) is 13.1 Å². The zero-order valence-corrected chi connectivity index (χ0v) is 14.0. The maximum Gasteiger partial charge on any atom is 0.198 e. The van der Waals surface area contributed by atoms with Gasteiger partial charge in [-0.1, -0.05) is 12.1 Å². The number of hydrogen-bond donors (Lipinski definition) is 0. The predicted molar refractivity (Wildman–Crippen MR) is 90.5 cm³/mol. The minimum atomic E-state index is -0.221. The first-order valence-corrected chi connectivity index (χ1v) is 8.93. The Balaban J connectivity index is 1.38. The molecule has 0 spiro atoms. The summed E-state index contributed by atoms with van der Waals surface area (Å²) >= 11 is 1.69. The Labute approximate surface area is 144 Å². The zero-order valence-electron chi connectivity index (χ0n) is 13.2. The minimum absolute atomic E-state index is 0.221. The molecule has 1 aliphatic heterocycles. The molecule has 3 heterocycles. The lowest BCUT2D eigenvalue weighted by molar-refractivity contribution is 0.321. The molecule has 24 heavy (non-hydrogen) atoms.